The van der Waals surface area contributed by atoms with Gasteiger partial charge < -0.3 is 0 Å². The number of allylic oxidation sites excluding steroid dienone is 1. The van der Waals surface area contributed by atoms with E-state index < -0.39 is 0 Å². The number of unbranched alkanes of at least 4 members (excludes halogenated alkanes) is 2. The van der Waals surface area contributed by atoms with Gasteiger partial charge in [0.1, 0.15) is 0 Å². The van der Waals surface area contributed by atoms with Crippen LogP contribution in [0.3, 0.4) is 0 Å². The van der Waals surface area contributed by atoms with Gasteiger partial charge in [-0.2, -0.15) is 0 Å². The molecule has 0 N–H and O–H groups in total. The zero-order valence-corrected chi connectivity index (χ0v) is 10.9. The summed E-state index contributed by atoms with van der Waals surface area (Å²) in [7, 11) is 4.00. The van der Waals surface area contributed by atoms with E-state index in [1.807, 2.05) is 6.08 Å². The fourth-order valence-electron chi connectivity index (χ4n) is 1.78. The van der Waals surface area contributed by atoms with Crippen molar-refractivity contribution in [3.63, 3.8) is 0 Å². The maximum atomic E-state index is 4.00. The molecule has 0 aliphatic heterocycles. The molecule has 1 heteroatoms. The molecule has 0 fully saturated rings. The van der Waals surface area contributed by atoms with Gasteiger partial charge in [0.2, 0.25) is 0 Å². The smallest absolute Gasteiger partial charge is 0.0313 e. The van der Waals surface area contributed by atoms with Crippen LogP contribution in [0.4, 0.5) is 0 Å². The Kier molecular flexibility index (Phi) is 8.25. The summed E-state index contributed by atoms with van der Waals surface area (Å²) in [6.07, 6.45) is 12.3. The van der Waals surface area contributed by atoms with Crippen molar-refractivity contribution in [2.45, 2.75) is 70.3 Å². The van der Waals surface area contributed by atoms with Gasteiger partial charge in [0.25, 0.3) is 0 Å². The van der Waals surface area contributed by atoms with Gasteiger partial charge in [0.15, 0.2) is 0 Å². The van der Waals surface area contributed by atoms with E-state index in [1.54, 1.807) is 0 Å². The van der Waals surface area contributed by atoms with Crippen molar-refractivity contribution in [3.8, 4) is 0 Å². The molecule has 0 aliphatic carbocycles. The number of rotatable bonds is 9. The molecule has 0 atom stereocenters. The summed E-state index contributed by atoms with van der Waals surface area (Å²) < 4.78 is 0. The first kappa shape index (κ1) is 14.0. The van der Waals surface area contributed by atoms with Gasteiger partial charge in [-0.3, -0.25) is 0 Å². The van der Waals surface area contributed by atoms with E-state index >= 15 is 0 Å². The Balaban J connectivity index is 3.95. The Bertz CT molecular complexity index is 132. The largest absolute Gasteiger partial charge is 0.103 e. The molecule has 3 radical (unpaired) electrons. The predicted molar refractivity (Wildman–Crippen MR) is 66.9 cm³/mol. The van der Waals surface area contributed by atoms with Crippen molar-refractivity contribution < 1.29 is 0 Å². The molecule has 0 aromatic rings. The van der Waals surface area contributed by atoms with Crippen LogP contribution in [-0.4, -0.2) is 10.2 Å². The Labute approximate surface area is 93.6 Å². The third kappa shape index (κ3) is 6.42. The second kappa shape index (κ2) is 8.28. The standard InChI is InChI=1S/C13H25Si/c1-4-7-10-13(14,11-8-5-2)12-9-6-3/h4H,1,5-12H2,2-3H3. The van der Waals surface area contributed by atoms with E-state index in [4.69, 9.17) is 0 Å². The van der Waals surface area contributed by atoms with E-state index in [2.05, 4.69) is 30.7 Å². The predicted octanol–water partition coefficient (Wildman–Crippen LogP) is 4.66. The van der Waals surface area contributed by atoms with Crippen LogP contribution in [-0.2, 0) is 0 Å². The highest BCUT2D eigenvalue weighted by atomic mass is 28.1. The molecular formula is C13H25Si. The summed E-state index contributed by atoms with van der Waals surface area (Å²) in [6, 6.07) is 0. The molecule has 0 unspecified atom stereocenters. The van der Waals surface area contributed by atoms with Crippen LogP contribution in [0.15, 0.2) is 12.7 Å². The van der Waals surface area contributed by atoms with Gasteiger partial charge in [-0.15, -0.1) is 6.58 Å². The summed E-state index contributed by atoms with van der Waals surface area (Å²) in [6.45, 7) is 8.33. The molecule has 0 saturated carbocycles. The van der Waals surface area contributed by atoms with E-state index in [0.717, 1.165) is 6.42 Å². The van der Waals surface area contributed by atoms with Crippen LogP contribution in [0.5, 0.6) is 0 Å². The third-order valence-corrected chi connectivity index (χ3v) is 3.59. The third-order valence-electron chi connectivity index (χ3n) is 2.84. The second-order valence-electron chi connectivity index (χ2n) is 4.31. The first-order chi connectivity index (χ1) is 6.68. The topological polar surface area (TPSA) is 0 Å². The highest BCUT2D eigenvalue weighted by Crippen LogP contribution is 2.39. The minimum atomic E-state index is 0.389. The van der Waals surface area contributed by atoms with E-state index in [9.17, 15) is 0 Å². The van der Waals surface area contributed by atoms with Crippen LogP contribution in [0.2, 0.25) is 5.04 Å². The first-order valence-corrected chi connectivity index (χ1v) is 6.54. The number of hydrogen-bond donors (Lipinski definition) is 0. The van der Waals surface area contributed by atoms with Crippen molar-refractivity contribution in [1.82, 2.24) is 0 Å². The minimum absolute atomic E-state index is 0.389. The molecule has 0 heterocycles. The molecule has 0 aromatic heterocycles. The Morgan fingerprint density at radius 2 is 1.57 bits per heavy atom. The van der Waals surface area contributed by atoms with Crippen molar-refractivity contribution in [2.24, 2.45) is 0 Å². The molecule has 0 aliphatic rings. The van der Waals surface area contributed by atoms with Crippen molar-refractivity contribution in [2.75, 3.05) is 0 Å². The van der Waals surface area contributed by atoms with E-state index in [1.165, 1.54) is 44.9 Å². The molecular weight excluding hydrogens is 184 g/mol. The molecule has 0 nitrogen and oxygen atoms in total. The molecule has 0 aromatic carbocycles. The Hall–Kier alpha value is -0.0431. The SMILES string of the molecule is C=CCCC([Si])(CCCC)CCCC. The van der Waals surface area contributed by atoms with Crippen molar-refractivity contribution in [3.05, 3.63) is 12.7 Å². The highest BCUT2D eigenvalue weighted by Gasteiger charge is 2.21. The lowest BCUT2D eigenvalue weighted by Gasteiger charge is -2.29. The average molecular weight is 209 g/mol. The lowest BCUT2D eigenvalue weighted by Crippen LogP contribution is -2.12. The first-order valence-electron chi connectivity index (χ1n) is 6.04. The van der Waals surface area contributed by atoms with E-state index in [0.29, 0.717) is 5.04 Å². The molecule has 0 amide bonds. The van der Waals surface area contributed by atoms with Gasteiger partial charge in [0.05, 0.1) is 0 Å². The van der Waals surface area contributed by atoms with Crippen molar-refractivity contribution >= 4 is 10.2 Å². The maximum Gasteiger partial charge on any atom is 0.0313 e. The number of hydrogen-bond acceptors (Lipinski definition) is 0. The zero-order valence-electron chi connectivity index (χ0n) is 9.94. The Morgan fingerprint density at radius 3 is 1.93 bits per heavy atom. The van der Waals surface area contributed by atoms with Crippen LogP contribution in [0.25, 0.3) is 0 Å². The van der Waals surface area contributed by atoms with E-state index in [-0.39, 0.29) is 0 Å². The molecule has 0 saturated heterocycles. The monoisotopic (exact) mass is 209 g/mol. The maximum absolute atomic E-state index is 4.00. The lowest BCUT2D eigenvalue weighted by atomic mass is 9.90. The fourth-order valence-corrected chi connectivity index (χ4v) is 2.28. The summed E-state index contributed by atoms with van der Waals surface area (Å²) in [5, 5.41) is 0.389. The van der Waals surface area contributed by atoms with Crippen LogP contribution in [0, 0.1) is 0 Å². The molecule has 0 spiro atoms. The normalized spacial score (nSPS) is 11.6. The molecule has 0 rings (SSSR count). The average Bonchev–Trinajstić information content (AvgIpc) is 2.21. The van der Waals surface area contributed by atoms with Crippen LogP contribution >= 0.6 is 0 Å². The van der Waals surface area contributed by atoms with Crippen molar-refractivity contribution in [1.29, 1.82) is 0 Å². The van der Waals surface area contributed by atoms with Gasteiger partial charge >= 0.3 is 0 Å². The van der Waals surface area contributed by atoms with Gasteiger partial charge in [-0.25, -0.2) is 0 Å². The van der Waals surface area contributed by atoms with Gasteiger partial charge in [-0.05, 0) is 17.9 Å². The quantitative estimate of drug-likeness (QED) is 0.383. The zero-order chi connectivity index (χ0) is 10.9. The molecule has 14 heavy (non-hydrogen) atoms. The van der Waals surface area contributed by atoms with Crippen LogP contribution < -0.4 is 0 Å². The lowest BCUT2D eigenvalue weighted by molar-refractivity contribution is 0.419. The van der Waals surface area contributed by atoms with Crippen LogP contribution in [0.1, 0.15) is 65.2 Å². The summed E-state index contributed by atoms with van der Waals surface area (Å²) in [5.41, 5.74) is 0. The molecule has 81 valence electrons. The minimum Gasteiger partial charge on any atom is -0.103 e. The summed E-state index contributed by atoms with van der Waals surface area (Å²) in [4.78, 5) is 0. The Morgan fingerprint density at radius 1 is 1.07 bits per heavy atom. The second-order valence-corrected chi connectivity index (χ2v) is 5.38. The van der Waals surface area contributed by atoms with Gasteiger partial charge in [-0.1, -0.05) is 58.4 Å². The van der Waals surface area contributed by atoms with Gasteiger partial charge in [0, 0.05) is 10.2 Å². The summed E-state index contributed by atoms with van der Waals surface area (Å²) in [5.74, 6) is 0. The highest BCUT2D eigenvalue weighted by molar-refractivity contribution is 6.15. The fraction of sp³-hybridized carbons (Fsp3) is 0.846. The molecule has 0 bridgehead atoms. The summed E-state index contributed by atoms with van der Waals surface area (Å²) >= 11 is 0.